The average Bonchev–Trinajstić information content (AvgIpc) is 2.66. The lowest BCUT2D eigenvalue weighted by Gasteiger charge is -2.26. The first-order valence-corrected chi connectivity index (χ1v) is 8.07. The number of amides is 1. The molecule has 0 spiro atoms. The Morgan fingerprint density at radius 1 is 1.35 bits per heavy atom. The van der Waals surface area contributed by atoms with Crippen molar-refractivity contribution >= 4 is 23.3 Å². The minimum atomic E-state index is -0.810. The van der Waals surface area contributed by atoms with Gasteiger partial charge in [-0.2, -0.15) is 0 Å². The van der Waals surface area contributed by atoms with Crippen LogP contribution in [0.5, 0.6) is 0 Å². The van der Waals surface area contributed by atoms with Gasteiger partial charge in [-0.25, -0.2) is 4.79 Å². The lowest BCUT2D eigenvalue weighted by atomic mass is 10.1. The largest absolute Gasteiger partial charge is 0.452 e. The first kappa shape index (κ1) is 19.6. The molecular weight excluding hydrogens is 346 g/mol. The van der Waals surface area contributed by atoms with Gasteiger partial charge in [0.1, 0.15) is 0 Å². The lowest BCUT2D eigenvalue weighted by Crippen LogP contribution is -2.42. The minimum absolute atomic E-state index is 0.00918. The van der Waals surface area contributed by atoms with Crippen molar-refractivity contribution in [1.29, 1.82) is 0 Å². The number of non-ortho nitro benzene ring substituents is 1. The number of hydrogen-bond acceptors (Lipinski definition) is 8. The normalized spacial score (nSPS) is 14.0. The van der Waals surface area contributed by atoms with Gasteiger partial charge in [0.05, 0.1) is 30.3 Å². The molecule has 0 atom stereocenters. The fraction of sp³-hybridized carbons (Fsp3) is 0.500. The van der Waals surface area contributed by atoms with Crippen molar-refractivity contribution in [2.75, 3.05) is 58.5 Å². The number of rotatable bonds is 8. The van der Waals surface area contributed by atoms with Crippen molar-refractivity contribution in [3.8, 4) is 0 Å². The quantitative estimate of drug-likeness (QED) is 0.308. The zero-order chi connectivity index (χ0) is 18.9. The van der Waals surface area contributed by atoms with Crippen molar-refractivity contribution in [3.05, 3.63) is 33.9 Å². The summed E-state index contributed by atoms with van der Waals surface area (Å²) in [6.45, 7) is 2.13. The topological polar surface area (TPSA) is 120 Å². The molecular formula is C16H21N3O7. The zero-order valence-corrected chi connectivity index (χ0v) is 14.4. The smallest absolute Gasteiger partial charge is 0.341 e. The Hall–Kier alpha value is -2.72. The number of hydrogen-bond donors (Lipinski definition) is 1. The predicted molar refractivity (Wildman–Crippen MR) is 91.1 cm³/mol. The van der Waals surface area contributed by atoms with Crippen molar-refractivity contribution < 1.29 is 28.7 Å². The number of nitro benzene ring substituents is 1. The molecule has 1 saturated heterocycles. The van der Waals surface area contributed by atoms with E-state index in [0.717, 1.165) is 6.07 Å². The number of nitrogens with zero attached hydrogens (tertiary/aromatic N) is 2. The van der Waals surface area contributed by atoms with Gasteiger partial charge in [-0.1, -0.05) is 0 Å². The molecule has 0 aliphatic carbocycles. The maximum atomic E-state index is 12.3. The predicted octanol–water partition coefficient (Wildman–Crippen LogP) is 0.669. The van der Waals surface area contributed by atoms with E-state index in [4.69, 9.17) is 14.2 Å². The van der Waals surface area contributed by atoms with Gasteiger partial charge in [0.15, 0.2) is 6.61 Å². The highest BCUT2D eigenvalue weighted by atomic mass is 16.6. The van der Waals surface area contributed by atoms with E-state index in [1.807, 2.05) is 0 Å². The van der Waals surface area contributed by atoms with Gasteiger partial charge < -0.3 is 24.4 Å². The summed E-state index contributed by atoms with van der Waals surface area (Å²) in [5.41, 5.74) is 0.121. The van der Waals surface area contributed by atoms with Crippen LogP contribution in [0.4, 0.5) is 11.4 Å². The van der Waals surface area contributed by atoms with Gasteiger partial charge in [0.25, 0.3) is 11.6 Å². The van der Waals surface area contributed by atoms with E-state index in [0.29, 0.717) is 45.1 Å². The van der Waals surface area contributed by atoms with E-state index in [9.17, 15) is 19.7 Å². The summed E-state index contributed by atoms with van der Waals surface area (Å²) >= 11 is 0. The van der Waals surface area contributed by atoms with E-state index < -0.39 is 17.5 Å². The number of morpholine rings is 1. The third kappa shape index (κ3) is 5.39. The van der Waals surface area contributed by atoms with Crippen LogP contribution < -0.4 is 5.32 Å². The fourth-order valence-electron chi connectivity index (χ4n) is 2.37. The summed E-state index contributed by atoms with van der Waals surface area (Å²) in [5, 5.41) is 13.9. The third-order valence-corrected chi connectivity index (χ3v) is 3.75. The second-order valence-electron chi connectivity index (χ2n) is 5.48. The van der Waals surface area contributed by atoms with E-state index in [1.54, 1.807) is 4.90 Å². The molecule has 0 unspecified atom stereocenters. The van der Waals surface area contributed by atoms with Gasteiger partial charge in [0.2, 0.25) is 0 Å². The molecule has 1 aliphatic rings. The summed E-state index contributed by atoms with van der Waals surface area (Å²) < 4.78 is 15.1. The molecule has 0 radical (unpaired) electrons. The standard InChI is InChI=1S/C16H21N3O7/c1-24-7-4-17-14-3-2-12(19(22)23)10-13(14)16(21)26-11-15(20)18-5-8-25-9-6-18/h2-3,10,17H,4-9,11H2,1H3. The second-order valence-corrected chi connectivity index (χ2v) is 5.48. The third-order valence-electron chi connectivity index (χ3n) is 3.75. The second kappa shape index (κ2) is 9.68. The number of methoxy groups -OCH3 is 1. The van der Waals surface area contributed by atoms with Gasteiger partial charge in [-0.15, -0.1) is 0 Å². The van der Waals surface area contributed by atoms with Crippen molar-refractivity contribution in [2.24, 2.45) is 0 Å². The maximum absolute atomic E-state index is 12.3. The molecule has 1 aliphatic heterocycles. The fourth-order valence-corrected chi connectivity index (χ4v) is 2.37. The van der Waals surface area contributed by atoms with Crippen LogP contribution in [0.15, 0.2) is 18.2 Å². The van der Waals surface area contributed by atoms with Crippen LogP contribution in [0.3, 0.4) is 0 Å². The molecule has 0 aromatic heterocycles. The first-order chi connectivity index (χ1) is 12.5. The molecule has 1 N–H and O–H groups in total. The Balaban J connectivity index is 2.05. The maximum Gasteiger partial charge on any atom is 0.341 e. The molecule has 1 heterocycles. The number of esters is 1. The summed E-state index contributed by atoms with van der Waals surface area (Å²) in [7, 11) is 1.53. The number of ether oxygens (including phenoxy) is 3. The van der Waals surface area contributed by atoms with Crippen LogP contribution >= 0.6 is 0 Å². The number of carbonyl (C=O) groups is 2. The SMILES string of the molecule is COCCNc1ccc([N+](=O)[O-])cc1C(=O)OCC(=O)N1CCOCC1. The Morgan fingerprint density at radius 3 is 2.73 bits per heavy atom. The summed E-state index contributed by atoms with van der Waals surface area (Å²) in [4.78, 5) is 36.3. The molecule has 0 bridgehead atoms. The number of carbonyl (C=O) groups excluding carboxylic acids is 2. The van der Waals surface area contributed by atoms with Crippen LogP contribution in [-0.4, -0.2) is 74.9 Å². The molecule has 1 aromatic carbocycles. The highest BCUT2D eigenvalue weighted by molar-refractivity contribution is 5.97. The minimum Gasteiger partial charge on any atom is -0.452 e. The average molecular weight is 367 g/mol. The van der Waals surface area contributed by atoms with Crippen LogP contribution in [0.1, 0.15) is 10.4 Å². The molecule has 1 aromatic rings. The summed E-state index contributed by atoms with van der Waals surface area (Å²) in [6, 6.07) is 3.83. The highest BCUT2D eigenvalue weighted by Crippen LogP contribution is 2.23. The van der Waals surface area contributed by atoms with Gasteiger partial charge in [0, 0.05) is 44.6 Å². The van der Waals surface area contributed by atoms with Crippen molar-refractivity contribution in [1.82, 2.24) is 4.90 Å². The highest BCUT2D eigenvalue weighted by Gasteiger charge is 2.21. The molecule has 10 nitrogen and oxygen atoms in total. The lowest BCUT2D eigenvalue weighted by molar-refractivity contribution is -0.384. The van der Waals surface area contributed by atoms with Crippen LogP contribution in [-0.2, 0) is 19.0 Å². The van der Waals surface area contributed by atoms with Crippen molar-refractivity contribution in [2.45, 2.75) is 0 Å². The monoisotopic (exact) mass is 367 g/mol. The molecule has 1 amide bonds. The Bertz CT molecular complexity index is 659. The number of nitro groups is 1. The van der Waals surface area contributed by atoms with E-state index in [-0.39, 0.29) is 17.2 Å². The number of benzene rings is 1. The van der Waals surface area contributed by atoms with Gasteiger partial charge in [-0.3, -0.25) is 14.9 Å². The molecule has 1 fully saturated rings. The molecule has 10 heteroatoms. The zero-order valence-electron chi connectivity index (χ0n) is 14.4. The summed E-state index contributed by atoms with van der Waals surface area (Å²) in [5.74, 6) is -1.14. The molecule has 2 rings (SSSR count). The number of anilines is 1. The van der Waals surface area contributed by atoms with E-state index in [1.165, 1.54) is 19.2 Å². The van der Waals surface area contributed by atoms with Crippen molar-refractivity contribution in [3.63, 3.8) is 0 Å². The Morgan fingerprint density at radius 2 is 2.08 bits per heavy atom. The molecule has 0 saturated carbocycles. The van der Waals surface area contributed by atoms with E-state index >= 15 is 0 Å². The Labute approximate surface area is 150 Å². The van der Waals surface area contributed by atoms with Crippen LogP contribution in [0.2, 0.25) is 0 Å². The molecule has 142 valence electrons. The van der Waals surface area contributed by atoms with Crippen LogP contribution in [0.25, 0.3) is 0 Å². The number of nitrogens with one attached hydrogen (secondary N) is 1. The Kier molecular flexibility index (Phi) is 7.30. The first-order valence-electron chi connectivity index (χ1n) is 8.07. The molecule has 26 heavy (non-hydrogen) atoms. The van der Waals surface area contributed by atoms with Gasteiger partial charge >= 0.3 is 5.97 Å². The van der Waals surface area contributed by atoms with Gasteiger partial charge in [-0.05, 0) is 6.07 Å². The van der Waals surface area contributed by atoms with Crippen LogP contribution in [0, 0.1) is 10.1 Å². The van der Waals surface area contributed by atoms with E-state index in [2.05, 4.69) is 5.32 Å². The summed E-state index contributed by atoms with van der Waals surface area (Å²) in [6.07, 6.45) is 0.